The minimum absolute atomic E-state index is 0.0963. The number of pyridine rings is 2. The number of H-pyrrole nitrogens is 1. The van der Waals surface area contributed by atoms with E-state index in [2.05, 4.69) is 20.5 Å². The second-order valence-corrected chi connectivity index (χ2v) is 4.91. The Labute approximate surface area is 135 Å². The van der Waals surface area contributed by atoms with Gasteiger partial charge in [0.15, 0.2) is 0 Å². The van der Waals surface area contributed by atoms with E-state index in [4.69, 9.17) is 4.74 Å². The molecule has 0 bridgehead atoms. The molecule has 0 spiro atoms. The minimum Gasteiger partial charge on any atom is -0.465 e. The van der Waals surface area contributed by atoms with Gasteiger partial charge < -0.3 is 14.6 Å². The van der Waals surface area contributed by atoms with Crippen LogP contribution in [0.3, 0.4) is 0 Å². The number of fused-ring (bicyclic) bond motifs is 1. The third kappa shape index (κ3) is 3.00. The fourth-order valence-electron chi connectivity index (χ4n) is 2.23. The summed E-state index contributed by atoms with van der Waals surface area (Å²) in [5.74, 6) is -0.596. The minimum atomic E-state index is -0.647. The SMILES string of the molecule is COC(=O)c1cn(CC(=O)Nc2ccccn2)cc2c(=O)[nH]nc1-2. The Balaban J connectivity index is 1.90. The Morgan fingerprint density at radius 3 is 2.88 bits per heavy atom. The summed E-state index contributed by atoms with van der Waals surface area (Å²) < 4.78 is 6.11. The zero-order valence-corrected chi connectivity index (χ0v) is 12.6. The highest BCUT2D eigenvalue weighted by Gasteiger charge is 2.22. The average molecular weight is 327 g/mol. The van der Waals surface area contributed by atoms with Gasteiger partial charge in [-0.2, -0.15) is 5.10 Å². The maximum Gasteiger partial charge on any atom is 0.341 e. The Morgan fingerprint density at radius 1 is 1.33 bits per heavy atom. The van der Waals surface area contributed by atoms with Crippen molar-refractivity contribution in [2.45, 2.75) is 6.54 Å². The normalized spacial score (nSPS) is 10.5. The predicted octanol–water partition coefficient (Wildman–Crippen LogP) is 0.497. The van der Waals surface area contributed by atoms with E-state index in [1.54, 1.807) is 24.4 Å². The summed E-state index contributed by atoms with van der Waals surface area (Å²) >= 11 is 0. The van der Waals surface area contributed by atoms with Crippen molar-refractivity contribution >= 4 is 17.7 Å². The maximum absolute atomic E-state index is 12.1. The van der Waals surface area contributed by atoms with Crippen molar-refractivity contribution in [1.82, 2.24) is 19.7 Å². The van der Waals surface area contributed by atoms with Crippen LogP contribution in [-0.4, -0.2) is 38.7 Å². The lowest BCUT2D eigenvalue weighted by atomic mass is 10.1. The molecule has 0 atom stereocenters. The molecular formula is C15H13N5O4. The van der Waals surface area contributed by atoms with E-state index in [1.807, 2.05) is 0 Å². The molecular weight excluding hydrogens is 314 g/mol. The van der Waals surface area contributed by atoms with Crippen LogP contribution in [0, 0.1) is 0 Å². The van der Waals surface area contributed by atoms with E-state index in [-0.39, 0.29) is 29.3 Å². The molecule has 9 nitrogen and oxygen atoms in total. The van der Waals surface area contributed by atoms with Crippen LogP contribution < -0.4 is 10.9 Å². The number of nitrogens with one attached hydrogen (secondary N) is 2. The molecule has 3 heterocycles. The molecule has 0 fully saturated rings. The van der Waals surface area contributed by atoms with Crippen LogP contribution in [0.25, 0.3) is 11.3 Å². The number of amides is 1. The van der Waals surface area contributed by atoms with Crippen LogP contribution in [0.4, 0.5) is 5.82 Å². The van der Waals surface area contributed by atoms with Gasteiger partial charge in [-0.15, -0.1) is 0 Å². The molecule has 2 aliphatic heterocycles. The van der Waals surface area contributed by atoms with Crippen LogP contribution in [0.1, 0.15) is 10.4 Å². The number of aromatic nitrogens is 4. The number of carbonyl (C=O) groups is 2. The van der Waals surface area contributed by atoms with Gasteiger partial charge in [0.05, 0.1) is 12.7 Å². The van der Waals surface area contributed by atoms with E-state index in [1.165, 1.54) is 24.1 Å². The summed E-state index contributed by atoms with van der Waals surface area (Å²) in [7, 11) is 1.23. The van der Waals surface area contributed by atoms with Crippen LogP contribution >= 0.6 is 0 Å². The molecule has 0 unspecified atom stereocenters. The number of hydrogen-bond donors (Lipinski definition) is 2. The lowest BCUT2D eigenvalue weighted by Gasteiger charge is -2.11. The van der Waals surface area contributed by atoms with E-state index < -0.39 is 11.5 Å². The van der Waals surface area contributed by atoms with Gasteiger partial charge in [0.1, 0.15) is 23.6 Å². The second-order valence-electron chi connectivity index (χ2n) is 4.91. The van der Waals surface area contributed by atoms with Crippen molar-refractivity contribution in [2.24, 2.45) is 0 Å². The van der Waals surface area contributed by atoms with E-state index in [0.717, 1.165) is 0 Å². The van der Waals surface area contributed by atoms with Crippen molar-refractivity contribution in [2.75, 3.05) is 12.4 Å². The monoisotopic (exact) mass is 327 g/mol. The molecule has 1 aromatic heterocycles. The summed E-state index contributed by atoms with van der Waals surface area (Å²) in [5, 5.41) is 8.71. The van der Waals surface area contributed by atoms with Crippen LogP contribution in [0.5, 0.6) is 0 Å². The quantitative estimate of drug-likeness (QED) is 0.673. The number of hydrogen-bond acceptors (Lipinski definition) is 6. The first-order chi connectivity index (χ1) is 11.6. The fourth-order valence-corrected chi connectivity index (χ4v) is 2.23. The molecule has 0 saturated heterocycles. The zero-order chi connectivity index (χ0) is 17.1. The molecule has 2 N–H and O–H groups in total. The second kappa shape index (κ2) is 6.32. The lowest BCUT2D eigenvalue weighted by Crippen LogP contribution is -2.21. The number of rotatable bonds is 4. The number of esters is 1. The van der Waals surface area contributed by atoms with Gasteiger partial charge in [0.25, 0.3) is 5.56 Å². The number of carbonyl (C=O) groups excluding carboxylic acids is 2. The van der Waals surface area contributed by atoms with Crippen LogP contribution in [-0.2, 0) is 16.1 Å². The largest absolute Gasteiger partial charge is 0.465 e. The van der Waals surface area contributed by atoms with Gasteiger partial charge in [0.2, 0.25) is 5.91 Å². The van der Waals surface area contributed by atoms with Crippen molar-refractivity contribution in [3.63, 3.8) is 0 Å². The highest BCUT2D eigenvalue weighted by molar-refractivity contribution is 5.96. The molecule has 0 aromatic carbocycles. The standard InChI is InChI=1S/C15H13N5O4/c1-24-15(23)10-7-20(6-9-13(10)18-19-14(9)22)8-12(21)17-11-4-2-3-5-16-11/h2-7H,8H2,1H3,(H,19,22)(H,16,17,21). The highest BCUT2D eigenvalue weighted by Crippen LogP contribution is 2.20. The lowest BCUT2D eigenvalue weighted by molar-refractivity contribution is -0.116. The molecule has 1 aromatic rings. The van der Waals surface area contributed by atoms with Crippen molar-refractivity contribution in [3.05, 3.63) is 52.7 Å². The van der Waals surface area contributed by atoms with Crippen molar-refractivity contribution in [3.8, 4) is 11.3 Å². The number of methoxy groups -OCH3 is 1. The molecule has 0 aliphatic carbocycles. The van der Waals surface area contributed by atoms with Crippen LogP contribution in [0.15, 0.2) is 41.6 Å². The number of nitrogens with zero attached hydrogens (tertiary/aromatic N) is 3. The topological polar surface area (TPSA) is 119 Å². The summed E-state index contributed by atoms with van der Waals surface area (Å²) in [5.41, 5.74) is 0.0467. The van der Waals surface area contributed by atoms with Gasteiger partial charge in [-0.05, 0) is 12.1 Å². The molecule has 3 rings (SSSR count). The maximum atomic E-state index is 12.1. The van der Waals surface area contributed by atoms with Gasteiger partial charge in [-0.3, -0.25) is 9.59 Å². The number of aromatic amines is 1. The first kappa shape index (κ1) is 15.4. The molecule has 9 heteroatoms. The first-order valence-electron chi connectivity index (χ1n) is 6.96. The third-order valence-electron chi connectivity index (χ3n) is 3.28. The molecule has 1 amide bonds. The summed E-state index contributed by atoms with van der Waals surface area (Å²) in [6.07, 6.45) is 4.41. The molecule has 122 valence electrons. The van der Waals surface area contributed by atoms with Crippen molar-refractivity contribution < 1.29 is 14.3 Å². The highest BCUT2D eigenvalue weighted by atomic mass is 16.5. The Morgan fingerprint density at radius 2 is 2.17 bits per heavy atom. The Bertz CT molecular complexity index is 915. The van der Waals surface area contributed by atoms with Gasteiger partial charge >= 0.3 is 5.97 Å². The summed E-state index contributed by atoms with van der Waals surface area (Å²) in [6.45, 7) is -0.110. The van der Waals surface area contributed by atoms with Crippen LogP contribution in [0.2, 0.25) is 0 Å². The molecule has 24 heavy (non-hydrogen) atoms. The van der Waals surface area contributed by atoms with Gasteiger partial charge in [-0.25, -0.2) is 14.9 Å². The number of ether oxygens (including phenoxy) is 1. The first-order valence-corrected chi connectivity index (χ1v) is 6.96. The smallest absolute Gasteiger partial charge is 0.341 e. The molecule has 0 radical (unpaired) electrons. The summed E-state index contributed by atoms with van der Waals surface area (Å²) in [6, 6.07) is 5.12. The molecule has 0 saturated carbocycles. The Kier molecular flexibility index (Phi) is 4.06. The van der Waals surface area contributed by atoms with Crippen molar-refractivity contribution in [1.29, 1.82) is 0 Å². The fraction of sp³-hybridized carbons (Fsp3) is 0.133. The Hall–Kier alpha value is -3.49. The van der Waals surface area contributed by atoms with E-state index >= 15 is 0 Å². The predicted molar refractivity (Wildman–Crippen MR) is 83.7 cm³/mol. The van der Waals surface area contributed by atoms with Gasteiger partial charge in [0, 0.05) is 18.6 Å². The summed E-state index contributed by atoms with van der Waals surface area (Å²) in [4.78, 5) is 39.7. The third-order valence-corrected chi connectivity index (χ3v) is 3.28. The average Bonchev–Trinajstić information content (AvgIpc) is 2.95. The molecule has 2 aliphatic rings. The number of anilines is 1. The van der Waals surface area contributed by atoms with E-state index in [0.29, 0.717) is 5.82 Å². The van der Waals surface area contributed by atoms with Gasteiger partial charge in [-0.1, -0.05) is 6.07 Å². The zero-order valence-electron chi connectivity index (χ0n) is 12.6. The van der Waals surface area contributed by atoms with E-state index in [9.17, 15) is 14.4 Å².